The lowest BCUT2D eigenvalue weighted by atomic mass is 10.0. The molecule has 144 valence electrons. The van der Waals surface area contributed by atoms with Crippen LogP contribution in [-0.4, -0.2) is 54.8 Å². The Morgan fingerprint density at radius 1 is 1.19 bits per heavy atom. The molecule has 2 aromatic rings. The summed E-state index contributed by atoms with van der Waals surface area (Å²) in [5, 5.41) is 10.6. The fraction of sp³-hybridized carbons (Fsp3) is 0.429. The molecule has 0 bridgehead atoms. The molecule has 0 spiro atoms. The highest BCUT2D eigenvalue weighted by molar-refractivity contribution is 7.98. The monoisotopic (exact) mass is 387 g/mol. The van der Waals surface area contributed by atoms with Crippen molar-refractivity contribution < 1.29 is 19.3 Å². The van der Waals surface area contributed by atoms with Gasteiger partial charge in [0, 0.05) is 24.5 Å². The molecule has 0 amide bonds. The van der Waals surface area contributed by atoms with Gasteiger partial charge in [0.1, 0.15) is 25.4 Å². The Hall–Kier alpha value is -1.89. The molecule has 1 saturated heterocycles. The molecule has 2 aromatic carbocycles. The summed E-state index contributed by atoms with van der Waals surface area (Å²) >= 11 is 1.75. The van der Waals surface area contributed by atoms with Gasteiger partial charge in [0.2, 0.25) is 5.75 Å². The number of hydrogen-bond donors (Lipinski definition) is 1. The molecule has 2 aliphatic rings. The predicted octanol–water partition coefficient (Wildman–Crippen LogP) is 3.19. The maximum atomic E-state index is 10.6. The molecule has 2 aliphatic heterocycles. The Morgan fingerprint density at radius 2 is 2.04 bits per heavy atom. The number of nitrogens with zero attached hydrogens (tertiary/aromatic N) is 1. The summed E-state index contributed by atoms with van der Waals surface area (Å²) in [4.78, 5) is 3.55. The van der Waals surface area contributed by atoms with Gasteiger partial charge < -0.3 is 19.3 Å². The topological polar surface area (TPSA) is 51.2 Å². The first-order valence-electron chi connectivity index (χ1n) is 9.31. The number of aliphatic hydroxyl groups excluding tert-OH is 1. The molecule has 4 rings (SSSR count). The molecule has 2 atom stereocenters. The molecular formula is C21H25NO4S. The molecule has 0 saturated carbocycles. The highest BCUT2D eigenvalue weighted by Gasteiger charge is 2.30. The van der Waals surface area contributed by atoms with Crippen LogP contribution in [0.4, 0.5) is 0 Å². The van der Waals surface area contributed by atoms with Gasteiger partial charge in [-0.05, 0) is 42.5 Å². The molecule has 5 nitrogen and oxygen atoms in total. The lowest BCUT2D eigenvalue weighted by Crippen LogP contribution is -2.48. The van der Waals surface area contributed by atoms with E-state index >= 15 is 0 Å². The van der Waals surface area contributed by atoms with Crippen molar-refractivity contribution in [1.82, 2.24) is 4.90 Å². The average molecular weight is 388 g/mol. The summed E-state index contributed by atoms with van der Waals surface area (Å²) < 4.78 is 17.4. The van der Waals surface area contributed by atoms with E-state index in [-0.39, 0.29) is 6.10 Å². The average Bonchev–Trinajstić information content (AvgIpc) is 2.70. The number of para-hydroxylation sites is 1. The van der Waals surface area contributed by atoms with Crippen molar-refractivity contribution >= 4 is 11.8 Å². The Kier molecular flexibility index (Phi) is 5.76. The summed E-state index contributed by atoms with van der Waals surface area (Å²) in [5.41, 5.74) is 1.27. The van der Waals surface area contributed by atoms with E-state index in [4.69, 9.17) is 14.2 Å². The van der Waals surface area contributed by atoms with Crippen molar-refractivity contribution in [1.29, 1.82) is 0 Å². The third-order valence-electron chi connectivity index (χ3n) is 4.95. The van der Waals surface area contributed by atoms with Crippen LogP contribution >= 0.6 is 11.8 Å². The zero-order chi connectivity index (χ0) is 18.6. The Labute approximate surface area is 164 Å². The number of fused-ring (bicyclic) bond motifs is 1. The van der Waals surface area contributed by atoms with Gasteiger partial charge in [-0.15, -0.1) is 11.8 Å². The second-order valence-corrected chi connectivity index (χ2v) is 7.76. The normalized spacial score (nSPS) is 22.4. The van der Waals surface area contributed by atoms with E-state index in [0.717, 1.165) is 19.5 Å². The van der Waals surface area contributed by atoms with Gasteiger partial charge in [0.25, 0.3) is 0 Å². The van der Waals surface area contributed by atoms with E-state index in [1.54, 1.807) is 11.8 Å². The van der Waals surface area contributed by atoms with Crippen LogP contribution in [-0.2, 0) is 6.54 Å². The molecule has 6 heteroatoms. The number of hydrogen-bond acceptors (Lipinski definition) is 6. The first-order valence-corrected chi connectivity index (χ1v) is 10.5. The Bertz CT molecular complexity index is 785. The fourth-order valence-corrected chi connectivity index (χ4v) is 4.07. The summed E-state index contributed by atoms with van der Waals surface area (Å²) in [6.07, 6.45) is 2.08. The van der Waals surface area contributed by atoms with Crippen LogP contribution < -0.4 is 14.2 Å². The van der Waals surface area contributed by atoms with Gasteiger partial charge in [-0.25, -0.2) is 0 Å². The maximum absolute atomic E-state index is 10.6. The van der Waals surface area contributed by atoms with Crippen molar-refractivity contribution in [2.45, 2.75) is 30.1 Å². The largest absolute Gasteiger partial charge is 0.486 e. The number of β-amino-alcohol motifs (C(OH)–C–C–N with tert-alkyl or cyclic N) is 1. The fourth-order valence-electron chi connectivity index (χ4n) is 3.59. The predicted molar refractivity (Wildman–Crippen MR) is 106 cm³/mol. The summed E-state index contributed by atoms with van der Waals surface area (Å²) in [6, 6.07) is 14.2. The van der Waals surface area contributed by atoms with Crippen molar-refractivity contribution in [2.75, 3.05) is 32.6 Å². The van der Waals surface area contributed by atoms with E-state index in [1.807, 2.05) is 18.2 Å². The number of benzene rings is 2. The van der Waals surface area contributed by atoms with Crippen molar-refractivity contribution in [3.8, 4) is 17.2 Å². The standard InChI is InChI=1S/C21H25NO4S/c1-27-16-5-2-4-15(12-16)13-22-9-8-18(17(23)14-22)26-20-7-3-6-19-21(20)25-11-10-24-19/h2-7,12,17-18,23H,8-11,13-14H2,1H3/t17-,18-/m1/s1. The van der Waals surface area contributed by atoms with Gasteiger partial charge in [0.05, 0.1) is 0 Å². The summed E-state index contributed by atoms with van der Waals surface area (Å²) in [7, 11) is 0. The van der Waals surface area contributed by atoms with E-state index in [1.165, 1.54) is 10.5 Å². The zero-order valence-electron chi connectivity index (χ0n) is 15.5. The quantitative estimate of drug-likeness (QED) is 0.796. The van der Waals surface area contributed by atoms with Gasteiger partial charge >= 0.3 is 0 Å². The van der Waals surface area contributed by atoms with E-state index in [2.05, 4.69) is 35.4 Å². The number of aliphatic hydroxyl groups is 1. The summed E-state index contributed by atoms with van der Waals surface area (Å²) in [6.45, 7) is 3.40. The number of rotatable bonds is 5. The van der Waals surface area contributed by atoms with E-state index in [0.29, 0.717) is 37.0 Å². The van der Waals surface area contributed by atoms with E-state index in [9.17, 15) is 5.11 Å². The van der Waals surface area contributed by atoms with Gasteiger partial charge in [-0.3, -0.25) is 4.90 Å². The number of ether oxygens (including phenoxy) is 3. The SMILES string of the molecule is CSc1cccc(CN2CC[C@@H](Oc3cccc4c3OCCO4)[C@H](O)C2)c1. The second-order valence-electron chi connectivity index (χ2n) is 6.88. The van der Waals surface area contributed by atoms with Crippen molar-refractivity contribution in [2.24, 2.45) is 0 Å². The first kappa shape index (κ1) is 18.5. The lowest BCUT2D eigenvalue weighted by molar-refractivity contribution is -0.0290. The highest BCUT2D eigenvalue weighted by atomic mass is 32.2. The maximum Gasteiger partial charge on any atom is 0.203 e. The first-order chi connectivity index (χ1) is 13.2. The molecule has 0 aromatic heterocycles. The molecule has 0 radical (unpaired) electrons. The Morgan fingerprint density at radius 3 is 2.89 bits per heavy atom. The van der Waals surface area contributed by atoms with Crippen LogP contribution in [0.5, 0.6) is 17.2 Å². The minimum absolute atomic E-state index is 0.240. The van der Waals surface area contributed by atoms with Crippen molar-refractivity contribution in [3.05, 3.63) is 48.0 Å². The van der Waals surface area contributed by atoms with Crippen LogP contribution in [0.25, 0.3) is 0 Å². The third-order valence-corrected chi connectivity index (χ3v) is 5.68. The van der Waals surface area contributed by atoms with Crippen LogP contribution in [0.3, 0.4) is 0 Å². The molecular weight excluding hydrogens is 362 g/mol. The van der Waals surface area contributed by atoms with Crippen LogP contribution in [0, 0.1) is 0 Å². The zero-order valence-corrected chi connectivity index (χ0v) is 16.3. The number of piperidine rings is 1. The third kappa shape index (κ3) is 4.34. The second kappa shape index (κ2) is 8.42. The molecule has 2 heterocycles. The molecule has 1 N–H and O–H groups in total. The smallest absolute Gasteiger partial charge is 0.203 e. The van der Waals surface area contributed by atoms with Crippen LogP contribution in [0.15, 0.2) is 47.4 Å². The van der Waals surface area contributed by atoms with Gasteiger partial charge in [-0.2, -0.15) is 0 Å². The minimum atomic E-state index is -0.539. The molecule has 0 aliphatic carbocycles. The number of likely N-dealkylation sites (tertiary alicyclic amines) is 1. The van der Waals surface area contributed by atoms with Gasteiger partial charge in [-0.1, -0.05) is 18.2 Å². The van der Waals surface area contributed by atoms with Crippen LogP contribution in [0.2, 0.25) is 0 Å². The van der Waals surface area contributed by atoms with Crippen LogP contribution in [0.1, 0.15) is 12.0 Å². The highest BCUT2D eigenvalue weighted by Crippen LogP contribution is 2.40. The molecule has 27 heavy (non-hydrogen) atoms. The number of thioether (sulfide) groups is 1. The molecule has 0 unspecified atom stereocenters. The minimum Gasteiger partial charge on any atom is -0.486 e. The summed E-state index contributed by atoms with van der Waals surface area (Å²) in [5.74, 6) is 2.00. The lowest BCUT2D eigenvalue weighted by Gasteiger charge is -2.36. The van der Waals surface area contributed by atoms with Crippen molar-refractivity contribution in [3.63, 3.8) is 0 Å². The Balaban J connectivity index is 1.38. The van der Waals surface area contributed by atoms with E-state index < -0.39 is 6.10 Å². The van der Waals surface area contributed by atoms with Gasteiger partial charge in [0.15, 0.2) is 11.5 Å². The molecule has 1 fully saturated rings.